The molecule has 0 saturated carbocycles. The van der Waals surface area contributed by atoms with Crippen LogP contribution in [0.4, 0.5) is 0 Å². The van der Waals surface area contributed by atoms with Crippen molar-refractivity contribution < 1.29 is 14.9 Å². The van der Waals surface area contributed by atoms with Crippen molar-refractivity contribution >= 4 is 0 Å². The molecule has 6 nitrogen and oxygen atoms in total. The fraction of sp³-hybridized carbons (Fsp3) is 0.643. The molecule has 0 radical (unpaired) electrons. The van der Waals surface area contributed by atoms with Gasteiger partial charge in [-0.1, -0.05) is 6.92 Å². The summed E-state index contributed by atoms with van der Waals surface area (Å²) in [6.45, 7) is 5.88. The SMILES string of the molecule is CCCn1c(CO)cc(=O)c(O)c1CN1CCOCC1. The fourth-order valence-corrected chi connectivity index (χ4v) is 2.51. The van der Waals surface area contributed by atoms with E-state index in [1.807, 2.05) is 11.5 Å². The summed E-state index contributed by atoms with van der Waals surface area (Å²) in [7, 11) is 0. The lowest BCUT2D eigenvalue weighted by Gasteiger charge is -2.28. The van der Waals surface area contributed by atoms with Gasteiger partial charge >= 0.3 is 0 Å². The average Bonchev–Trinajstić information content (AvgIpc) is 2.47. The number of aliphatic hydroxyl groups excluding tert-OH is 1. The Hall–Kier alpha value is -1.37. The predicted molar refractivity (Wildman–Crippen MR) is 74.7 cm³/mol. The van der Waals surface area contributed by atoms with Crippen LogP contribution < -0.4 is 5.43 Å². The Balaban J connectivity index is 2.36. The molecule has 2 heterocycles. The second-order valence-corrected chi connectivity index (χ2v) is 4.99. The molecule has 1 saturated heterocycles. The van der Waals surface area contributed by atoms with Gasteiger partial charge in [-0.15, -0.1) is 0 Å². The van der Waals surface area contributed by atoms with Gasteiger partial charge in [-0.3, -0.25) is 9.69 Å². The van der Waals surface area contributed by atoms with E-state index in [0.717, 1.165) is 19.5 Å². The van der Waals surface area contributed by atoms with Crippen molar-refractivity contribution in [3.8, 4) is 5.75 Å². The summed E-state index contributed by atoms with van der Waals surface area (Å²) >= 11 is 0. The summed E-state index contributed by atoms with van der Waals surface area (Å²) in [5.74, 6) is -0.206. The van der Waals surface area contributed by atoms with E-state index >= 15 is 0 Å². The van der Waals surface area contributed by atoms with Crippen LogP contribution in [0.3, 0.4) is 0 Å². The van der Waals surface area contributed by atoms with E-state index < -0.39 is 5.43 Å². The molecule has 0 bridgehead atoms. The molecular formula is C14H22N2O4. The van der Waals surface area contributed by atoms with Crippen molar-refractivity contribution in [1.29, 1.82) is 0 Å². The lowest BCUT2D eigenvalue weighted by atomic mass is 10.2. The molecule has 6 heteroatoms. The van der Waals surface area contributed by atoms with Crippen molar-refractivity contribution in [2.75, 3.05) is 26.3 Å². The molecular weight excluding hydrogens is 260 g/mol. The van der Waals surface area contributed by atoms with Crippen molar-refractivity contribution in [2.45, 2.75) is 33.0 Å². The largest absolute Gasteiger partial charge is 0.503 e. The molecule has 0 atom stereocenters. The molecule has 0 aromatic carbocycles. The Morgan fingerprint density at radius 1 is 1.35 bits per heavy atom. The third-order valence-electron chi connectivity index (χ3n) is 3.56. The average molecular weight is 282 g/mol. The van der Waals surface area contributed by atoms with Gasteiger partial charge in [0.05, 0.1) is 25.5 Å². The number of morpholine rings is 1. The maximum Gasteiger partial charge on any atom is 0.223 e. The summed E-state index contributed by atoms with van der Waals surface area (Å²) in [4.78, 5) is 13.9. The Morgan fingerprint density at radius 2 is 2.05 bits per heavy atom. The third-order valence-corrected chi connectivity index (χ3v) is 3.56. The van der Waals surface area contributed by atoms with E-state index in [1.54, 1.807) is 0 Å². The van der Waals surface area contributed by atoms with Gasteiger partial charge < -0.3 is 19.5 Å². The number of aromatic hydroxyl groups is 1. The molecule has 0 amide bonds. The molecule has 1 aliphatic rings. The van der Waals surface area contributed by atoms with Crippen LogP contribution in [0.2, 0.25) is 0 Å². The van der Waals surface area contributed by atoms with Gasteiger partial charge in [0.15, 0.2) is 5.75 Å². The normalized spacial score (nSPS) is 16.5. The minimum absolute atomic E-state index is 0.203. The molecule has 1 aliphatic heterocycles. The van der Waals surface area contributed by atoms with Crippen LogP contribution in [0.5, 0.6) is 5.75 Å². The Kier molecular flexibility index (Phi) is 5.17. The number of pyridine rings is 1. The molecule has 1 fully saturated rings. The van der Waals surface area contributed by atoms with E-state index in [-0.39, 0.29) is 12.4 Å². The first-order chi connectivity index (χ1) is 9.67. The van der Waals surface area contributed by atoms with Crippen molar-refractivity contribution in [2.24, 2.45) is 0 Å². The molecule has 2 N–H and O–H groups in total. The van der Waals surface area contributed by atoms with Crippen molar-refractivity contribution in [1.82, 2.24) is 9.47 Å². The molecule has 112 valence electrons. The predicted octanol–water partition coefficient (Wildman–Crippen LogP) is 0.288. The number of rotatable bonds is 5. The van der Waals surface area contributed by atoms with Gasteiger partial charge in [-0.25, -0.2) is 0 Å². The van der Waals surface area contributed by atoms with Gasteiger partial charge in [0.25, 0.3) is 0 Å². The number of nitrogens with zero attached hydrogens (tertiary/aromatic N) is 2. The van der Waals surface area contributed by atoms with Crippen LogP contribution >= 0.6 is 0 Å². The first kappa shape index (κ1) is 15.0. The van der Waals surface area contributed by atoms with Gasteiger partial charge in [0.2, 0.25) is 5.43 Å². The molecule has 20 heavy (non-hydrogen) atoms. The number of hydrogen-bond acceptors (Lipinski definition) is 5. The van der Waals surface area contributed by atoms with Crippen LogP contribution in [0, 0.1) is 0 Å². The van der Waals surface area contributed by atoms with Crippen LogP contribution in [0.25, 0.3) is 0 Å². The highest BCUT2D eigenvalue weighted by Gasteiger charge is 2.18. The number of hydrogen-bond donors (Lipinski definition) is 2. The minimum atomic E-state index is -0.426. The second-order valence-electron chi connectivity index (χ2n) is 4.99. The number of ether oxygens (including phenoxy) is 1. The quantitative estimate of drug-likeness (QED) is 0.812. The van der Waals surface area contributed by atoms with Gasteiger partial charge in [-0.05, 0) is 6.42 Å². The maximum absolute atomic E-state index is 11.8. The molecule has 1 aromatic heterocycles. The minimum Gasteiger partial charge on any atom is -0.503 e. The highest BCUT2D eigenvalue weighted by molar-refractivity contribution is 5.30. The highest BCUT2D eigenvalue weighted by Crippen LogP contribution is 2.18. The third kappa shape index (κ3) is 3.20. The summed E-state index contributed by atoms with van der Waals surface area (Å²) in [6.07, 6.45) is 0.866. The first-order valence-electron chi connectivity index (χ1n) is 7.02. The van der Waals surface area contributed by atoms with E-state index in [2.05, 4.69) is 4.90 Å². The highest BCUT2D eigenvalue weighted by atomic mass is 16.5. The number of aromatic nitrogens is 1. The van der Waals surface area contributed by atoms with Crippen molar-refractivity contribution in [3.63, 3.8) is 0 Å². The summed E-state index contributed by atoms with van der Waals surface area (Å²) in [5, 5.41) is 19.5. The maximum atomic E-state index is 11.8. The topological polar surface area (TPSA) is 74.9 Å². The van der Waals surface area contributed by atoms with Gasteiger partial charge in [-0.2, -0.15) is 0 Å². The Morgan fingerprint density at radius 3 is 2.65 bits per heavy atom. The van der Waals surface area contributed by atoms with Crippen LogP contribution in [0.15, 0.2) is 10.9 Å². The van der Waals surface area contributed by atoms with E-state index in [9.17, 15) is 15.0 Å². The Bertz CT molecular complexity index is 507. The first-order valence-corrected chi connectivity index (χ1v) is 7.02. The van der Waals surface area contributed by atoms with Gasteiger partial charge in [0, 0.05) is 37.9 Å². The molecule has 0 aliphatic carbocycles. The Labute approximate surface area is 118 Å². The van der Waals surface area contributed by atoms with E-state index in [1.165, 1.54) is 6.07 Å². The van der Waals surface area contributed by atoms with E-state index in [4.69, 9.17) is 4.74 Å². The second kappa shape index (κ2) is 6.88. The molecule has 2 rings (SSSR count). The van der Waals surface area contributed by atoms with Crippen LogP contribution in [0.1, 0.15) is 24.7 Å². The lowest BCUT2D eigenvalue weighted by molar-refractivity contribution is 0.0325. The number of aliphatic hydroxyl groups is 1. The molecule has 1 aromatic rings. The van der Waals surface area contributed by atoms with Crippen LogP contribution in [-0.4, -0.2) is 46.0 Å². The van der Waals surface area contributed by atoms with Gasteiger partial charge in [0.1, 0.15) is 0 Å². The molecule has 0 spiro atoms. The van der Waals surface area contributed by atoms with E-state index in [0.29, 0.717) is 37.7 Å². The summed E-state index contributed by atoms with van der Waals surface area (Å²) in [6, 6.07) is 1.31. The lowest BCUT2D eigenvalue weighted by Crippen LogP contribution is -2.37. The zero-order valence-corrected chi connectivity index (χ0v) is 11.8. The van der Waals surface area contributed by atoms with Crippen molar-refractivity contribution in [3.05, 3.63) is 27.7 Å². The fourth-order valence-electron chi connectivity index (χ4n) is 2.51. The molecule has 0 unspecified atom stereocenters. The monoisotopic (exact) mass is 282 g/mol. The standard InChI is InChI=1S/C14H22N2O4/c1-2-3-16-11(10-17)8-13(18)14(19)12(16)9-15-4-6-20-7-5-15/h8,17,19H,2-7,9-10H2,1H3. The summed E-state index contributed by atoms with van der Waals surface area (Å²) in [5.41, 5.74) is 0.716. The zero-order valence-electron chi connectivity index (χ0n) is 11.8. The zero-order chi connectivity index (χ0) is 14.5. The summed E-state index contributed by atoms with van der Waals surface area (Å²) < 4.78 is 7.15. The van der Waals surface area contributed by atoms with Crippen LogP contribution in [-0.2, 0) is 24.4 Å². The smallest absolute Gasteiger partial charge is 0.223 e.